The summed E-state index contributed by atoms with van der Waals surface area (Å²) in [5.74, 6) is -0.0707. The summed E-state index contributed by atoms with van der Waals surface area (Å²) in [6, 6.07) is 6.02. The maximum absolute atomic E-state index is 12.5. The first kappa shape index (κ1) is 13.5. The molecule has 0 atom stereocenters. The van der Waals surface area contributed by atoms with Crippen LogP contribution in [0, 0.1) is 20.8 Å². The molecule has 0 saturated carbocycles. The largest absolute Gasteiger partial charge is 0.375 e. The van der Waals surface area contributed by atoms with Crippen molar-refractivity contribution in [3.05, 3.63) is 39.9 Å². The van der Waals surface area contributed by atoms with Crippen LogP contribution in [0.3, 0.4) is 0 Å². The number of rotatable bonds is 2. The van der Waals surface area contributed by atoms with Crippen LogP contribution in [0.4, 0.5) is 10.8 Å². The van der Waals surface area contributed by atoms with E-state index >= 15 is 0 Å². The van der Waals surface area contributed by atoms with Gasteiger partial charge in [-0.25, -0.2) is 4.98 Å². The number of benzene rings is 1. The number of nitrogens with zero attached hydrogens (tertiary/aromatic N) is 2. The lowest BCUT2D eigenvalue weighted by atomic mass is 10.1. The van der Waals surface area contributed by atoms with Gasteiger partial charge in [-0.05, 0) is 32.4 Å². The third-order valence-corrected chi connectivity index (χ3v) is 4.00. The van der Waals surface area contributed by atoms with Gasteiger partial charge in [-0.15, -0.1) is 0 Å². The molecule has 0 bridgehead atoms. The quantitative estimate of drug-likeness (QED) is 0.916. The predicted octanol–water partition coefficient (Wildman–Crippen LogP) is 2.93. The van der Waals surface area contributed by atoms with Crippen LogP contribution in [0.5, 0.6) is 0 Å². The Hall–Kier alpha value is -1.88. The van der Waals surface area contributed by atoms with E-state index in [1.165, 1.54) is 16.9 Å². The molecule has 0 fully saturated rings. The van der Waals surface area contributed by atoms with Crippen LogP contribution in [0.2, 0.25) is 0 Å². The van der Waals surface area contributed by atoms with Crippen molar-refractivity contribution in [3.8, 4) is 0 Å². The molecule has 0 spiro atoms. The first-order valence-electron chi connectivity index (χ1n) is 5.98. The van der Waals surface area contributed by atoms with Crippen LogP contribution < -0.4 is 10.6 Å². The van der Waals surface area contributed by atoms with Crippen molar-refractivity contribution in [1.29, 1.82) is 0 Å². The number of anilines is 2. The minimum absolute atomic E-state index is 0.0707. The number of amides is 1. The molecule has 5 heteroatoms. The zero-order valence-corrected chi connectivity index (χ0v) is 12.3. The molecule has 0 saturated heterocycles. The summed E-state index contributed by atoms with van der Waals surface area (Å²) in [5, 5.41) is 0.426. The van der Waals surface area contributed by atoms with E-state index in [1.54, 1.807) is 18.9 Å². The molecule has 2 rings (SSSR count). The third-order valence-electron chi connectivity index (χ3n) is 3.03. The monoisotopic (exact) mass is 275 g/mol. The number of aryl methyl sites for hydroxylation is 3. The fourth-order valence-electron chi connectivity index (χ4n) is 2.06. The SMILES string of the molecule is Cc1ccc(N(C)C(=O)c2sc(N)nc2C)c(C)c1. The number of nitrogen functional groups attached to an aromatic ring is 1. The van der Waals surface area contributed by atoms with Crippen LogP contribution in [0.25, 0.3) is 0 Å². The normalized spacial score (nSPS) is 10.5. The maximum Gasteiger partial charge on any atom is 0.270 e. The second-order valence-corrected chi connectivity index (χ2v) is 5.65. The minimum atomic E-state index is -0.0707. The van der Waals surface area contributed by atoms with Gasteiger partial charge in [0.1, 0.15) is 4.88 Å². The third kappa shape index (κ3) is 2.61. The number of carbonyl (C=O) groups is 1. The van der Waals surface area contributed by atoms with E-state index < -0.39 is 0 Å². The number of nitrogens with two attached hydrogens (primary N) is 1. The molecule has 0 aliphatic heterocycles. The van der Waals surface area contributed by atoms with Crippen molar-refractivity contribution >= 4 is 28.1 Å². The van der Waals surface area contributed by atoms with Gasteiger partial charge >= 0.3 is 0 Å². The number of hydrogen-bond donors (Lipinski definition) is 1. The Labute approximate surface area is 116 Å². The van der Waals surface area contributed by atoms with Crippen LogP contribution in [0.1, 0.15) is 26.5 Å². The molecule has 0 aliphatic carbocycles. The van der Waals surface area contributed by atoms with Crippen molar-refractivity contribution in [2.75, 3.05) is 17.7 Å². The zero-order chi connectivity index (χ0) is 14.2. The van der Waals surface area contributed by atoms with Crippen LogP contribution in [-0.4, -0.2) is 17.9 Å². The molecule has 100 valence electrons. The van der Waals surface area contributed by atoms with Crippen molar-refractivity contribution in [1.82, 2.24) is 4.98 Å². The standard InChI is InChI=1S/C14H17N3OS/c1-8-5-6-11(9(2)7-8)17(4)13(18)12-10(3)16-14(15)19-12/h5-7H,1-4H3,(H2,15,16). The number of aromatic nitrogens is 1. The Morgan fingerprint density at radius 3 is 2.53 bits per heavy atom. The average Bonchev–Trinajstić information content (AvgIpc) is 2.67. The number of hydrogen-bond acceptors (Lipinski definition) is 4. The summed E-state index contributed by atoms with van der Waals surface area (Å²) in [6.45, 7) is 5.84. The van der Waals surface area contributed by atoms with E-state index in [1.807, 2.05) is 26.0 Å². The van der Waals surface area contributed by atoms with Crippen LogP contribution in [0.15, 0.2) is 18.2 Å². The van der Waals surface area contributed by atoms with Gasteiger partial charge < -0.3 is 10.6 Å². The van der Waals surface area contributed by atoms with Crippen LogP contribution >= 0.6 is 11.3 Å². The van der Waals surface area contributed by atoms with Gasteiger partial charge in [0.05, 0.1) is 5.69 Å². The van der Waals surface area contributed by atoms with Gasteiger partial charge in [0, 0.05) is 12.7 Å². The van der Waals surface area contributed by atoms with E-state index in [9.17, 15) is 4.79 Å². The fourth-order valence-corrected chi connectivity index (χ4v) is 2.87. The van der Waals surface area contributed by atoms with Crippen LogP contribution in [-0.2, 0) is 0 Å². The lowest BCUT2D eigenvalue weighted by Crippen LogP contribution is -2.26. The summed E-state index contributed by atoms with van der Waals surface area (Å²) >= 11 is 1.23. The second-order valence-electron chi connectivity index (χ2n) is 4.62. The zero-order valence-electron chi connectivity index (χ0n) is 11.5. The number of carbonyl (C=O) groups excluding carboxylic acids is 1. The summed E-state index contributed by atoms with van der Waals surface area (Å²) in [6.07, 6.45) is 0. The number of thiazole rings is 1. The molecular formula is C14H17N3OS. The molecule has 1 aromatic heterocycles. The lowest BCUT2D eigenvalue weighted by molar-refractivity contribution is 0.0996. The summed E-state index contributed by atoms with van der Waals surface area (Å²) in [4.78, 5) is 18.8. The van der Waals surface area contributed by atoms with Gasteiger partial charge in [0.25, 0.3) is 5.91 Å². The molecule has 4 nitrogen and oxygen atoms in total. The van der Waals surface area contributed by atoms with Gasteiger partial charge in [-0.2, -0.15) is 0 Å². The average molecular weight is 275 g/mol. The Morgan fingerprint density at radius 1 is 1.32 bits per heavy atom. The molecular weight excluding hydrogens is 258 g/mol. The molecule has 0 unspecified atom stereocenters. The molecule has 2 N–H and O–H groups in total. The molecule has 1 aromatic carbocycles. The first-order valence-corrected chi connectivity index (χ1v) is 6.80. The maximum atomic E-state index is 12.5. The van der Waals surface area contributed by atoms with Crippen molar-refractivity contribution in [3.63, 3.8) is 0 Å². The minimum Gasteiger partial charge on any atom is -0.375 e. The van der Waals surface area contributed by atoms with E-state index in [-0.39, 0.29) is 5.91 Å². The highest BCUT2D eigenvalue weighted by Gasteiger charge is 2.20. The van der Waals surface area contributed by atoms with E-state index in [0.29, 0.717) is 15.7 Å². The fraction of sp³-hybridized carbons (Fsp3) is 0.286. The molecule has 1 amide bonds. The Kier molecular flexibility index (Phi) is 3.57. The Bertz CT molecular complexity index is 634. The van der Waals surface area contributed by atoms with Crippen molar-refractivity contribution < 1.29 is 4.79 Å². The highest BCUT2D eigenvalue weighted by atomic mass is 32.1. The van der Waals surface area contributed by atoms with Gasteiger partial charge in [-0.3, -0.25) is 4.79 Å². The van der Waals surface area contributed by atoms with Crippen molar-refractivity contribution in [2.45, 2.75) is 20.8 Å². The van der Waals surface area contributed by atoms with E-state index in [0.717, 1.165) is 11.3 Å². The lowest BCUT2D eigenvalue weighted by Gasteiger charge is -2.19. The van der Waals surface area contributed by atoms with Gasteiger partial charge in [0.2, 0.25) is 0 Å². The highest BCUT2D eigenvalue weighted by molar-refractivity contribution is 7.17. The first-order chi connectivity index (χ1) is 8.90. The smallest absolute Gasteiger partial charge is 0.270 e. The molecule has 0 radical (unpaired) electrons. The van der Waals surface area contributed by atoms with Gasteiger partial charge in [0.15, 0.2) is 5.13 Å². The molecule has 19 heavy (non-hydrogen) atoms. The molecule has 1 heterocycles. The summed E-state index contributed by atoms with van der Waals surface area (Å²) < 4.78 is 0. The van der Waals surface area contributed by atoms with E-state index in [2.05, 4.69) is 11.1 Å². The second kappa shape index (κ2) is 5.01. The highest BCUT2D eigenvalue weighted by Crippen LogP contribution is 2.26. The molecule has 2 aromatic rings. The summed E-state index contributed by atoms with van der Waals surface area (Å²) in [5.41, 5.74) is 9.49. The molecule has 0 aliphatic rings. The van der Waals surface area contributed by atoms with E-state index in [4.69, 9.17) is 5.73 Å². The summed E-state index contributed by atoms with van der Waals surface area (Å²) in [7, 11) is 1.77. The predicted molar refractivity (Wildman–Crippen MR) is 79.9 cm³/mol. The Morgan fingerprint density at radius 2 is 2.00 bits per heavy atom. The van der Waals surface area contributed by atoms with Gasteiger partial charge in [-0.1, -0.05) is 29.0 Å². The topological polar surface area (TPSA) is 59.2 Å². The Balaban J connectivity index is 2.36. The van der Waals surface area contributed by atoms with Crippen molar-refractivity contribution in [2.24, 2.45) is 0 Å².